The average Bonchev–Trinajstić information content (AvgIpc) is 2.82. The largest absolute Gasteiger partial charge is 0.396 e. The molecule has 0 aliphatic carbocycles. The molecule has 102 valence electrons. The van der Waals surface area contributed by atoms with E-state index in [9.17, 15) is 9.90 Å². The first-order valence-corrected chi connectivity index (χ1v) is 6.48. The van der Waals surface area contributed by atoms with Gasteiger partial charge >= 0.3 is 5.97 Å². The van der Waals surface area contributed by atoms with Crippen LogP contribution >= 0.6 is 0 Å². The van der Waals surface area contributed by atoms with Crippen LogP contribution in [0.5, 0.6) is 0 Å². The first kappa shape index (κ1) is 13.8. The zero-order chi connectivity index (χ0) is 13.7. The highest BCUT2D eigenvalue weighted by molar-refractivity contribution is 5.89. The van der Waals surface area contributed by atoms with E-state index in [2.05, 4.69) is 6.58 Å². The Balaban J connectivity index is 1.94. The van der Waals surface area contributed by atoms with Gasteiger partial charge in [0.15, 0.2) is 0 Å². The van der Waals surface area contributed by atoms with Crippen molar-refractivity contribution in [2.45, 2.75) is 6.42 Å². The summed E-state index contributed by atoms with van der Waals surface area (Å²) in [6.45, 7) is 5.05. The zero-order valence-electron chi connectivity index (χ0n) is 10.9. The first-order chi connectivity index (χ1) is 9.24. The minimum Gasteiger partial charge on any atom is -0.396 e. The average molecular weight is 261 g/mol. The quantitative estimate of drug-likeness (QED) is 0.822. The van der Waals surface area contributed by atoms with Gasteiger partial charge in [-0.3, -0.25) is 0 Å². The van der Waals surface area contributed by atoms with Gasteiger partial charge in [0.2, 0.25) is 0 Å². The van der Waals surface area contributed by atoms with Crippen LogP contribution in [-0.4, -0.2) is 35.8 Å². The summed E-state index contributed by atoms with van der Waals surface area (Å²) >= 11 is 0. The Kier molecular flexibility index (Phi) is 4.71. The molecule has 2 rings (SSSR count). The molecule has 19 heavy (non-hydrogen) atoms. The number of hydrogen-bond acceptors (Lipinski definition) is 4. The lowest BCUT2D eigenvalue weighted by Crippen LogP contribution is -2.25. The molecule has 1 aliphatic rings. The van der Waals surface area contributed by atoms with Crippen molar-refractivity contribution in [2.75, 3.05) is 19.7 Å². The molecule has 0 spiro atoms. The van der Waals surface area contributed by atoms with Gasteiger partial charge in [0, 0.05) is 25.6 Å². The number of carbonyl (C=O) groups excluding carboxylic acids is 1. The molecule has 1 aromatic rings. The molecule has 1 heterocycles. The molecule has 0 unspecified atom stereocenters. The Morgan fingerprint density at radius 3 is 2.68 bits per heavy atom. The topological polar surface area (TPSA) is 49.8 Å². The highest BCUT2D eigenvalue weighted by Gasteiger charge is 2.33. The number of allylic oxidation sites excluding steroid dienone is 1. The molecule has 1 saturated heterocycles. The Morgan fingerprint density at radius 1 is 1.37 bits per heavy atom. The van der Waals surface area contributed by atoms with Gasteiger partial charge in [-0.25, -0.2) is 4.79 Å². The Bertz CT molecular complexity index is 432. The van der Waals surface area contributed by atoms with E-state index >= 15 is 0 Å². The number of aliphatic hydroxyl groups excluding tert-OH is 1. The number of nitrogens with zero attached hydrogens (tertiary/aromatic N) is 1. The summed E-state index contributed by atoms with van der Waals surface area (Å²) in [6, 6.07) is 8.91. The van der Waals surface area contributed by atoms with E-state index < -0.39 is 0 Å². The van der Waals surface area contributed by atoms with Crippen LogP contribution in [0, 0.1) is 11.8 Å². The van der Waals surface area contributed by atoms with E-state index in [0.717, 1.165) is 6.42 Å². The fourth-order valence-corrected chi connectivity index (χ4v) is 2.40. The van der Waals surface area contributed by atoms with Crippen molar-refractivity contribution in [3.05, 3.63) is 48.6 Å². The van der Waals surface area contributed by atoms with Crippen LogP contribution in [0.3, 0.4) is 0 Å². The number of carbonyl (C=O) groups is 1. The molecule has 0 radical (unpaired) electrons. The van der Waals surface area contributed by atoms with Gasteiger partial charge in [-0.1, -0.05) is 24.3 Å². The van der Waals surface area contributed by atoms with Crippen molar-refractivity contribution in [3.8, 4) is 0 Å². The first-order valence-electron chi connectivity index (χ1n) is 6.48. The molecule has 1 aromatic carbocycles. The van der Waals surface area contributed by atoms with Crippen LogP contribution in [0.25, 0.3) is 0 Å². The van der Waals surface area contributed by atoms with E-state index in [1.165, 1.54) is 0 Å². The van der Waals surface area contributed by atoms with Crippen molar-refractivity contribution in [1.29, 1.82) is 0 Å². The number of hydrogen-bond donors (Lipinski definition) is 1. The number of benzene rings is 1. The second-order valence-corrected chi connectivity index (χ2v) is 4.82. The van der Waals surface area contributed by atoms with E-state index in [-0.39, 0.29) is 18.5 Å². The van der Waals surface area contributed by atoms with Crippen LogP contribution in [0.15, 0.2) is 43.0 Å². The molecule has 4 nitrogen and oxygen atoms in total. The molecule has 1 aliphatic heterocycles. The number of rotatable bonds is 5. The van der Waals surface area contributed by atoms with E-state index in [4.69, 9.17) is 4.84 Å². The lowest BCUT2D eigenvalue weighted by molar-refractivity contribution is -0.0975. The van der Waals surface area contributed by atoms with Crippen molar-refractivity contribution in [3.63, 3.8) is 0 Å². The molecule has 0 amide bonds. The zero-order valence-corrected chi connectivity index (χ0v) is 10.9. The van der Waals surface area contributed by atoms with Crippen molar-refractivity contribution >= 4 is 5.97 Å². The van der Waals surface area contributed by atoms with Crippen LogP contribution in [-0.2, 0) is 4.84 Å². The Hall–Kier alpha value is -1.65. The van der Waals surface area contributed by atoms with Crippen LogP contribution < -0.4 is 0 Å². The second-order valence-electron chi connectivity index (χ2n) is 4.82. The fraction of sp³-hybridized carbons (Fsp3) is 0.400. The summed E-state index contributed by atoms with van der Waals surface area (Å²) in [4.78, 5) is 17.3. The van der Waals surface area contributed by atoms with Gasteiger partial charge in [0.05, 0.1) is 5.56 Å². The van der Waals surface area contributed by atoms with E-state index in [1.807, 2.05) is 12.1 Å². The summed E-state index contributed by atoms with van der Waals surface area (Å²) in [5, 5.41) is 11.0. The van der Waals surface area contributed by atoms with Gasteiger partial charge < -0.3 is 9.94 Å². The Labute approximate surface area is 113 Å². The van der Waals surface area contributed by atoms with Gasteiger partial charge in [-0.15, -0.1) is 11.6 Å². The summed E-state index contributed by atoms with van der Waals surface area (Å²) in [5.41, 5.74) is 0.537. The third kappa shape index (κ3) is 3.43. The molecule has 1 fully saturated rings. The third-order valence-corrected chi connectivity index (χ3v) is 3.47. The van der Waals surface area contributed by atoms with Gasteiger partial charge in [-0.2, -0.15) is 0 Å². The molecule has 0 saturated carbocycles. The molecule has 4 heteroatoms. The Morgan fingerprint density at radius 2 is 2.05 bits per heavy atom. The van der Waals surface area contributed by atoms with Crippen molar-refractivity contribution < 1.29 is 14.7 Å². The molecule has 0 aromatic heterocycles. The maximum Gasteiger partial charge on any atom is 0.357 e. The third-order valence-electron chi connectivity index (χ3n) is 3.47. The normalized spacial score (nSPS) is 23.2. The number of hydroxylamine groups is 2. The SMILES string of the molecule is C=CC[C@@H]1CN(OC(=O)c2ccccc2)C[C@H]1CO. The minimum absolute atomic E-state index is 0.109. The van der Waals surface area contributed by atoms with Crippen LogP contribution in [0.1, 0.15) is 16.8 Å². The van der Waals surface area contributed by atoms with Crippen molar-refractivity contribution in [1.82, 2.24) is 5.06 Å². The minimum atomic E-state index is -0.350. The van der Waals surface area contributed by atoms with E-state index in [0.29, 0.717) is 24.6 Å². The smallest absolute Gasteiger partial charge is 0.357 e. The second kappa shape index (κ2) is 6.50. The van der Waals surface area contributed by atoms with Gasteiger partial charge in [-0.05, 0) is 24.5 Å². The lowest BCUT2D eigenvalue weighted by atomic mass is 9.94. The molecular weight excluding hydrogens is 242 g/mol. The standard InChI is InChI=1S/C15H19NO3/c1-2-6-13-9-16(10-14(13)11-17)19-15(18)12-7-4-3-5-8-12/h2-5,7-8,13-14,17H,1,6,9-11H2/t13-,14+/m1/s1. The predicted molar refractivity (Wildman–Crippen MR) is 72.3 cm³/mol. The maximum absolute atomic E-state index is 11.9. The van der Waals surface area contributed by atoms with E-state index in [1.54, 1.807) is 29.3 Å². The molecule has 2 atom stereocenters. The molecule has 0 bridgehead atoms. The lowest BCUT2D eigenvalue weighted by Gasteiger charge is -2.15. The number of aliphatic hydroxyl groups is 1. The fourth-order valence-electron chi connectivity index (χ4n) is 2.40. The maximum atomic E-state index is 11.9. The highest BCUT2D eigenvalue weighted by atomic mass is 16.7. The molecule has 1 N–H and O–H groups in total. The summed E-state index contributed by atoms with van der Waals surface area (Å²) < 4.78 is 0. The van der Waals surface area contributed by atoms with Gasteiger partial charge in [0.25, 0.3) is 0 Å². The molecular formula is C15H19NO3. The summed E-state index contributed by atoms with van der Waals surface area (Å²) in [6.07, 6.45) is 2.67. The highest BCUT2D eigenvalue weighted by Crippen LogP contribution is 2.26. The summed E-state index contributed by atoms with van der Waals surface area (Å²) in [7, 11) is 0. The van der Waals surface area contributed by atoms with Gasteiger partial charge in [0.1, 0.15) is 0 Å². The van der Waals surface area contributed by atoms with Crippen LogP contribution in [0.4, 0.5) is 0 Å². The van der Waals surface area contributed by atoms with Crippen LogP contribution in [0.2, 0.25) is 0 Å². The monoisotopic (exact) mass is 261 g/mol. The predicted octanol–water partition coefficient (Wildman–Crippen LogP) is 1.87. The summed E-state index contributed by atoms with van der Waals surface area (Å²) in [5.74, 6) is 0.0872. The van der Waals surface area contributed by atoms with Crippen molar-refractivity contribution in [2.24, 2.45) is 11.8 Å².